The normalized spacial score (nSPS) is 10.9. The second-order valence-electron chi connectivity index (χ2n) is 5.03. The SMILES string of the molecule is CCOCc1cc(CNCc2ccnn2CC)ccc1OC. The maximum atomic E-state index is 5.50. The topological polar surface area (TPSA) is 48.3 Å². The molecule has 22 heavy (non-hydrogen) atoms. The smallest absolute Gasteiger partial charge is 0.124 e. The van der Waals surface area contributed by atoms with Crippen LogP contribution in [0.15, 0.2) is 30.5 Å². The van der Waals surface area contributed by atoms with E-state index in [9.17, 15) is 0 Å². The highest BCUT2D eigenvalue weighted by Gasteiger charge is 2.05. The van der Waals surface area contributed by atoms with Crippen LogP contribution in [-0.4, -0.2) is 23.5 Å². The highest BCUT2D eigenvalue weighted by molar-refractivity contribution is 5.36. The molecule has 0 saturated carbocycles. The molecule has 0 unspecified atom stereocenters. The van der Waals surface area contributed by atoms with Crippen LogP contribution in [0.25, 0.3) is 0 Å². The van der Waals surface area contributed by atoms with Crippen LogP contribution in [0.4, 0.5) is 0 Å². The lowest BCUT2D eigenvalue weighted by atomic mass is 10.1. The molecule has 0 aliphatic carbocycles. The van der Waals surface area contributed by atoms with Crippen molar-refractivity contribution in [2.75, 3.05) is 13.7 Å². The summed E-state index contributed by atoms with van der Waals surface area (Å²) in [6.45, 7) is 7.88. The third kappa shape index (κ3) is 4.32. The van der Waals surface area contributed by atoms with Crippen LogP contribution in [-0.2, 0) is 31.0 Å². The van der Waals surface area contributed by atoms with Gasteiger partial charge in [0.1, 0.15) is 5.75 Å². The Morgan fingerprint density at radius 1 is 1.18 bits per heavy atom. The van der Waals surface area contributed by atoms with Crippen molar-refractivity contribution in [1.82, 2.24) is 15.1 Å². The molecular formula is C17H25N3O2. The standard InChI is InChI=1S/C17H25N3O2/c1-4-20-16(8-9-19-20)12-18-11-14-6-7-17(21-3)15(10-14)13-22-5-2/h6-10,18H,4-5,11-13H2,1-3H3. The third-order valence-corrected chi connectivity index (χ3v) is 3.55. The highest BCUT2D eigenvalue weighted by Crippen LogP contribution is 2.20. The highest BCUT2D eigenvalue weighted by atomic mass is 16.5. The number of ether oxygens (including phenoxy) is 2. The van der Waals surface area contributed by atoms with Gasteiger partial charge in [-0.05, 0) is 37.6 Å². The van der Waals surface area contributed by atoms with E-state index >= 15 is 0 Å². The first-order valence-electron chi connectivity index (χ1n) is 7.73. The van der Waals surface area contributed by atoms with Crippen LogP contribution in [0.5, 0.6) is 5.75 Å². The summed E-state index contributed by atoms with van der Waals surface area (Å²) in [6.07, 6.45) is 1.84. The molecule has 2 aromatic rings. The molecule has 0 aliphatic heterocycles. The summed E-state index contributed by atoms with van der Waals surface area (Å²) in [7, 11) is 1.69. The number of nitrogens with zero attached hydrogens (tertiary/aromatic N) is 2. The molecule has 0 fully saturated rings. The Labute approximate surface area is 132 Å². The fourth-order valence-electron chi connectivity index (χ4n) is 2.40. The van der Waals surface area contributed by atoms with Gasteiger partial charge in [0.05, 0.1) is 19.4 Å². The molecular weight excluding hydrogens is 278 g/mol. The number of nitrogens with one attached hydrogen (secondary N) is 1. The Kier molecular flexibility index (Phi) is 6.43. The van der Waals surface area contributed by atoms with E-state index in [0.717, 1.165) is 30.9 Å². The van der Waals surface area contributed by atoms with Crippen molar-refractivity contribution in [3.63, 3.8) is 0 Å². The monoisotopic (exact) mass is 303 g/mol. The molecule has 0 radical (unpaired) electrons. The zero-order valence-electron chi connectivity index (χ0n) is 13.6. The van der Waals surface area contributed by atoms with Gasteiger partial charge in [-0.25, -0.2) is 0 Å². The minimum atomic E-state index is 0.579. The first-order chi connectivity index (χ1) is 10.8. The molecule has 0 aliphatic rings. The van der Waals surface area contributed by atoms with E-state index in [2.05, 4.69) is 29.5 Å². The fraction of sp³-hybridized carbons (Fsp3) is 0.471. The Balaban J connectivity index is 1.94. The van der Waals surface area contributed by atoms with E-state index in [1.54, 1.807) is 7.11 Å². The summed E-state index contributed by atoms with van der Waals surface area (Å²) in [5.41, 5.74) is 3.51. The number of hydrogen-bond acceptors (Lipinski definition) is 4. The summed E-state index contributed by atoms with van der Waals surface area (Å²) >= 11 is 0. The Morgan fingerprint density at radius 2 is 2.05 bits per heavy atom. The van der Waals surface area contributed by atoms with Gasteiger partial charge in [0, 0.05) is 38.0 Å². The average Bonchev–Trinajstić information content (AvgIpc) is 3.00. The molecule has 1 heterocycles. The first kappa shape index (κ1) is 16.5. The maximum absolute atomic E-state index is 5.50. The van der Waals surface area contributed by atoms with Gasteiger partial charge in [0.25, 0.3) is 0 Å². The summed E-state index contributed by atoms with van der Waals surface area (Å²) in [4.78, 5) is 0. The van der Waals surface area contributed by atoms with Crippen molar-refractivity contribution >= 4 is 0 Å². The molecule has 0 bridgehead atoms. The molecule has 1 N–H and O–H groups in total. The Hall–Kier alpha value is -1.85. The van der Waals surface area contributed by atoms with Gasteiger partial charge >= 0.3 is 0 Å². The van der Waals surface area contributed by atoms with Crippen LogP contribution in [0.2, 0.25) is 0 Å². The van der Waals surface area contributed by atoms with E-state index < -0.39 is 0 Å². The zero-order valence-corrected chi connectivity index (χ0v) is 13.6. The molecule has 2 rings (SSSR count). The van der Waals surface area contributed by atoms with Crippen molar-refractivity contribution in [1.29, 1.82) is 0 Å². The maximum Gasteiger partial charge on any atom is 0.124 e. The molecule has 0 spiro atoms. The molecule has 0 saturated heterocycles. The van der Waals surface area contributed by atoms with Gasteiger partial charge < -0.3 is 14.8 Å². The second kappa shape index (κ2) is 8.56. The van der Waals surface area contributed by atoms with Crippen molar-refractivity contribution in [2.45, 2.75) is 40.1 Å². The zero-order chi connectivity index (χ0) is 15.8. The van der Waals surface area contributed by atoms with E-state index in [0.29, 0.717) is 13.2 Å². The largest absolute Gasteiger partial charge is 0.496 e. The molecule has 5 heteroatoms. The number of benzene rings is 1. The number of aromatic nitrogens is 2. The summed E-state index contributed by atoms with van der Waals surface area (Å²) in [6, 6.07) is 8.27. The predicted molar refractivity (Wildman–Crippen MR) is 86.8 cm³/mol. The van der Waals surface area contributed by atoms with Gasteiger partial charge in [-0.15, -0.1) is 0 Å². The molecule has 1 aromatic heterocycles. The minimum Gasteiger partial charge on any atom is -0.496 e. The van der Waals surface area contributed by atoms with Gasteiger partial charge in [0.15, 0.2) is 0 Å². The van der Waals surface area contributed by atoms with Gasteiger partial charge in [-0.2, -0.15) is 5.10 Å². The summed E-state index contributed by atoms with van der Waals surface area (Å²) in [5, 5.41) is 7.73. The third-order valence-electron chi connectivity index (χ3n) is 3.55. The lowest BCUT2D eigenvalue weighted by Gasteiger charge is -2.12. The Morgan fingerprint density at radius 3 is 2.77 bits per heavy atom. The summed E-state index contributed by atoms with van der Waals surface area (Å²) in [5.74, 6) is 0.876. The van der Waals surface area contributed by atoms with Gasteiger partial charge in [0.2, 0.25) is 0 Å². The van der Waals surface area contributed by atoms with Crippen molar-refractivity contribution in [3.8, 4) is 5.75 Å². The Bertz CT molecular complexity index is 581. The first-order valence-corrected chi connectivity index (χ1v) is 7.73. The minimum absolute atomic E-state index is 0.579. The van der Waals surface area contributed by atoms with Gasteiger partial charge in [-0.1, -0.05) is 6.07 Å². The molecule has 0 amide bonds. The predicted octanol–water partition coefficient (Wildman–Crippen LogP) is 2.74. The van der Waals surface area contributed by atoms with Gasteiger partial charge in [-0.3, -0.25) is 4.68 Å². The van der Waals surface area contributed by atoms with Crippen LogP contribution >= 0.6 is 0 Å². The number of rotatable bonds is 9. The van der Waals surface area contributed by atoms with Crippen LogP contribution in [0, 0.1) is 0 Å². The molecule has 120 valence electrons. The average molecular weight is 303 g/mol. The van der Waals surface area contributed by atoms with Crippen molar-refractivity contribution < 1.29 is 9.47 Å². The lowest BCUT2D eigenvalue weighted by Crippen LogP contribution is -2.16. The second-order valence-corrected chi connectivity index (χ2v) is 5.03. The molecule has 1 aromatic carbocycles. The summed E-state index contributed by atoms with van der Waals surface area (Å²) < 4.78 is 12.9. The van der Waals surface area contributed by atoms with Crippen molar-refractivity contribution in [2.24, 2.45) is 0 Å². The van der Waals surface area contributed by atoms with E-state index in [1.807, 2.05) is 29.9 Å². The quantitative estimate of drug-likeness (QED) is 0.774. The lowest BCUT2D eigenvalue weighted by molar-refractivity contribution is 0.132. The van der Waals surface area contributed by atoms with E-state index in [-0.39, 0.29) is 0 Å². The molecule has 5 nitrogen and oxygen atoms in total. The van der Waals surface area contributed by atoms with Crippen LogP contribution in [0.1, 0.15) is 30.7 Å². The number of hydrogen-bond donors (Lipinski definition) is 1. The number of methoxy groups -OCH3 is 1. The molecule has 0 atom stereocenters. The van der Waals surface area contributed by atoms with Crippen molar-refractivity contribution in [3.05, 3.63) is 47.3 Å². The number of aryl methyl sites for hydroxylation is 1. The van der Waals surface area contributed by atoms with Crippen LogP contribution in [0.3, 0.4) is 0 Å². The van der Waals surface area contributed by atoms with E-state index in [1.165, 1.54) is 11.3 Å². The van der Waals surface area contributed by atoms with E-state index in [4.69, 9.17) is 9.47 Å². The van der Waals surface area contributed by atoms with Crippen LogP contribution < -0.4 is 10.1 Å². The fourth-order valence-corrected chi connectivity index (χ4v) is 2.40.